The van der Waals surface area contributed by atoms with Crippen molar-refractivity contribution >= 4 is 5.91 Å². The standard InChI is InChI=1S/C16H16FN3O/c17-13-4-1-3-12(11-13)14-5-2-6-15(19-14)16(21)20-9-7-18-8-10-20/h1-6,11,18H,7-10H2. The molecule has 2 aromatic rings. The van der Waals surface area contributed by atoms with Crippen LogP contribution in [0.4, 0.5) is 4.39 Å². The number of benzene rings is 1. The quantitative estimate of drug-likeness (QED) is 0.917. The number of nitrogens with one attached hydrogen (secondary N) is 1. The molecule has 108 valence electrons. The fraction of sp³-hybridized carbons (Fsp3) is 0.250. The van der Waals surface area contributed by atoms with Crippen LogP contribution in [0.3, 0.4) is 0 Å². The normalized spacial score (nSPS) is 15.0. The zero-order chi connectivity index (χ0) is 14.7. The van der Waals surface area contributed by atoms with Gasteiger partial charge in [0.2, 0.25) is 0 Å². The Labute approximate surface area is 122 Å². The zero-order valence-corrected chi connectivity index (χ0v) is 11.6. The average molecular weight is 285 g/mol. The Hall–Kier alpha value is -2.27. The van der Waals surface area contributed by atoms with E-state index in [-0.39, 0.29) is 11.7 Å². The Kier molecular flexibility index (Phi) is 3.92. The number of carbonyl (C=O) groups excluding carboxylic acids is 1. The number of carbonyl (C=O) groups is 1. The molecule has 5 heteroatoms. The molecular formula is C16H16FN3O. The van der Waals surface area contributed by atoms with Crippen molar-refractivity contribution < 1.29 is 9.18 Å². The minimum absolute atomic E-state index is 0.0743. The molecule has 1 amide bonds. The first-order valence-electron chi connectivity index (χ1n) is 6.97. The van der Waals surface area contributed by atoms with Crippen LogP contribution < -0.4 is 5.32 Å². The molecule has 0 bridgehead atoms. The van der Waals surface area contributed by atoms with E-state index in [4.69, 9.17) is 0 Å². The van der Waals surface area contributed by atoms with Gasteiger partial charge in [0.05, 0.1) is 5.69 Å². The van der Waals surface area contributed by atoms with Gasteiger partial charge in [0, 0.05) is 31.7 Å². The van der Waals surface area contributed by atoms with Crippen LogP contribution >= 0.6 is 0 Å². The van der Waals surface area contributed by atoms with Crippen LogP contribution in [0.5, 0.6) is 0 Å². The van der Waals surface area contributed by atoms with Crippen LogP contribution in [0.2, 0.25) is 0 Å². The SMILES string of the molecule is O=C(c1cccc(-c2cccc(F)c2)n1)N1CCNCC1. The van der Waals surface area contributed by atoms with Gasteiger partial charge in [0.25, 0.3) is 5.91 Å². The van der Waals surface area contributed by atoms with E-state index in [2.05, 4.69) is 10.3 Å². The molecule has 1 N–H and O–H groups in total. The molecule has 1 fully saturated rings. The van der Waals surface area contributed by atoms with Gasteiger partial charge in [0.15, 0.2) is 0 Å². The van der Waals surface area contributed by atoms with E-state index in [0.29, 0.717) is 30.0 Å². The molecule has 4 nitrogen and oxygen atoms in total. The second kappa shape index (κ2) is 6.01. The highest BCUT2D eigenvalue weighted by Gasteiger charge is 2.19. The van der Waals surface area contributed by atoms with E-state index < -0.39 is 0 Å². The van der Waals surface area contributed by atoms with Gasteiger partial charge >= 0.3 is 0 Å². The van der Waals surface area contributed by atoms with Crippen molar-refractivity contribution in [1.29, 1.82) is 0 Å². The van der Waals surface area contributed by atoms with Gasteiger partial charge in [-0.15, -0.1) is 0 Å². The number of halogens is 1. The summed E-state index contributed by atoms with van der Waals surface area (Å²) in [4.78, 5) is 18.6. The number of hydrogen-bond acceptors (Lipinski definition) is 3. The maximum absolute atomic E-state index is 13.3. The van der Waals surface area contributed by atoms with Crippen LogP contribution in [-0.4, -0.2) is 42.0 Å². The Morgan fingerprint density at radius 3 is 2.67 bits per heavy atom. The highest BCUT2D eigenvalue weighted by atomic mass is 19.1. The fourth-order valence-corrected chi connectivity index (χ4v) is 2.39. The number of rotatable bonds is 2. The van der Waals surface area contributed by atoms with Crippen LogP contribution in [0.1, 0.15) is 10.5 Å². The predicted molar refractivity (Wildman–Crippen MR) is 78.4 cm³/mol. The van der Waals surface area contributed by atoms with Gasteiger partial charge in [-0.3, -0.25) is 4.79 Å². The van der Waals surface area contributed by atoms with E-state index in [1.807, 2.05) is 0 Å². The molecule has 0 radical (unpaired) electrons. The van der Waals surface area contributed by atoms with Crippen molar-refractivity contribution in [3.63, 3.8) is 0 Å². The fourth-order valence-electron chi connectivity index (χ4n) is 2.39. The van der Waals surface area contributed by atoms with Crippen molar-refractivity contribution in [2.75, 3.05) is 26.2 Å². The smallest absolute Gasteiger partial charge is 0.272 e. The third-order valence-corrected chi connectivity index (χ3v) is 3.49. The molecule has 0 saturated carbocycles. The third kappa shape index (κ3) is 3.08. The summed E-state index contributed by atoms with van der Waals surface area (Å²) in [5, 5.41) is 3.21. The Balaban J connectivity index is 1.87. The van der Waals surface area contributed by atoms with Crippen molar-refractivity contribution in [3.8, 4) is 11.3 Å². The van der Waals surface area contributed by atoms with Crippen LogP contribution in [0.25, 0.3) is 11.3 Å². The number of aromatic nitrogens is 1. The Bertz CT molecular complexity index is 653. The molecule has 0 unspecified atom stereocenters. The molecule has 0 aliphatic carbocycles. The minimum Gasteiger partial charge on any atom is -0.335 e. The monoisotopic (exact) mass is 285 g/mol. The number of hydrogen-bond donors (Lipinski definition) is 1. The second-order valence-corrected chi connectivity index (χ2v) is 4.96. The van der Waals surface area contributed by atoms with E-state index in [1.165, 1.54) is 12.1 Å². The molecule has 2 heterocycles. The van der Waals surface area contributed by atoms with Crippen LogP contribution in [0.15, 0.2) is 42.5 Å². The van der Waals surface area contributed by atoms with E-state index >= 15 is 0 Å². The molecule has 0 spiro atoms. The lowest BCUT2D eigenvalue weighted by Crippen LogP contribution is -2.46. The Morgan fingerprint density at radius 2 is 1.90 bits per heavy atom. The van der Waals surface area contributed by atoms with Crippen molar-refractivity contribution in [2.45, 2.75) is 0 Å². The van der Waals surface area contributed by atoms with E-state index in [0.717, 1.165) is 13.1 Å². The summed E-state index contributed by atoms with van der Waals surface area (Å²) in [7, 11) is 0. The number of nitrogens with zero attached hydrogens (tertiary/aromatic N) is 2. The van der Waals surface area contributed by atoms with Gasteiger partial charge in [-0.05, 0) is 24.3 Å². The lowest BCUT2D eigenvalue weighted by Gasteiger charge is -2.27. The first-order valence-corrected chi connectivity index (χ1v) is 6.97. The van der Waals surface area contributed by atoms with Crippen molar-refractivity contribution in [3.05, 3.63) is 54.0 Å². The zero-order valence-electron chi connectivity index (χ0n) is 11.6. The summed E-state index contributed by atoms with van der Waals surface area (Å²) in [5.74, 6) is -0.386. The number of piperazine rings is 1. The summed E-state index contributed by atoms with van der Waals surface area (Å²) < 4.78 is 13.3. The molecule has 1 aliphatic rings. The predicted octanol–water partition coefficient (Wildman–Crippen LogP) is 1.93. The minimum atomic E-state index is -0.312. The third-order valence-electron chi connectivity index (χ3n) is 3.49. The Morgan fingerprint density at radius 1 is 1.14 bits per heavy atom. The highest BCUT2D eigenvalue weighted by molar-refractivity contribution is 5.93. The van der Waals surface area contributed by atoms with Gasteiger partial charge in [0.1, 0.15) is 11.5 Å². The van der Waals surface area contributed by atoms with Gasteiger partial charge in [-0.1, -0.05) is 18.2 Å². The molecular weight excluding hydrogens is 269 g/mol. The lowest BCUT2D eigenvalue weighted by molar-refractivity contribution is 0.0730. The highest BCUT2D eigenvalue weighted by Crippen LogP contribution is 2.18. The van der Waals surface area contributed by atoms with E-state index in [9.17, 15) is 9.18 Å². The average Bonchev–Trinajstić information content (AvgIpc) is 2.55. The second-order valence-electron chi connectivity index (χ2n) is 4.96. The topological polar surface area (TPSA) is 45.2 Å². The molecule has 3 rings (SSSR count). The number of amides is 1. The van der Waals surface area contributed by atoms with Gasteiger partial charge in [-0.25, -0.2) is 9.37 Å². The summed E-state index contributed by atoms with van der Waals surface area (Å²) in [5.41, 5.74) is 1.68. The van der Waals surface area contributed by atoms with Crippen molar-refractivity contribution in [1.82, 2.24) is 15.2 Å². The van der Waals surface area contributed by atoms with Gasteiger partial charge in [-0.2, -0.15) is 0 Å². The largest absolute Gasteiger partial charge is 0.335 e. The molecule has 1 aromatic carbocycles. The summed E-state index contributed by atoms with van der Waals surface area (Å²) in [6, 6.07) is 11.5. The molecule has 1 aliphatic heterocycles. The first kappa shape index (κ1) is 13.7. The van der Waals surface area contributed by atoms with Gasteiger partial charge < -0.3 is 10.2 Å². The number of pyridine rings is 1. The van der Waals surface area contributed by atoms with Crippen LogP contribution in [0, 0.1) is 5.82 Å². The molecule has 0 atom stereocenters. The van der Waals surface area contributed by atoms with Crippen molar-refractivity contribution in [2.24, 2.45) is 0 Å². The maximum atomic E-state index is 13.3. The first-order chi connectivity index (χ1) is 10.2. The molecule has 1 saturated heterocycles. The summed E-state index contributed by atoms with van der Waals surface area (Å²) >= 11 is 0. The van der Waals surface area contributed by atoms with Crippen LogP contribution in [-0.2, 0) is 0 Å². The summed E-state index contributed by atoms with van der Waals surface area (Å²) in [6.45, 7) is 2.97. The molecule has 1 aromatic heterocycles. The maximum Gasteiger partial charge on any atom is 0.272 e. The van der Waals surface area contributed by atoms with E-state index in [1.54, 1.807) is 35.2 Å². The summed E-state index contributed by atoms with van der Waals surface area (Å²) in [6.07, 6.45) is 0. The molecule has 21 heavy (non-hydrogen) atoms. The lowest BCUT2D eigenvalue weighted by atomic mass is 10.1.